The number of hydrogen-bond donors (Lipinski definition) is 2. The third kappa shape index (κ3) is 2.13. The molecule has 6 heteroatoms. The Morgan fingerprint density at radius 2 is 2.11 bits per heavy atom. The smallest absolute Gasteiger partial charge is 0.257 e. The summed E-state index contributed by atoms with van der Waals surface area (Å²) in [5.74, 6) is -1.75. The molecule has 5 nitrogen and oxygen atoms in total. The van der Waals surface area contributed by atoms with Gasteiger partial charge in [0, 0.05) is 12.2 Å². The van der Waals surface area contributed by atoms with Crippen molar-refractivity contribution in [3.63, 3.8) is 0 Å². The number of hydrogen-bond acceptors (Lipinski definition) is 3. The average molecular weight is 251 g/mol. The van der Waals surface area contributed by atoms with Gasteiger partial charge in [-0.25, -0.2) is 4.39 Å². The van der Waals surface area contributed by atoms with E-state index in [0.717, 1.165) is 6.07 Å². The molecular weight excluding hydrogens is 237 g/mol. The summed E-state index contributed by atoms with van der Waals surface area (Å²) in [6.45, 7) is 0.403. The molecular formula is C12H14FN3O2. The molecule has 1 aromatic carbocycles. The summed E-state index contributed by atoms with van der Waals surface area (Å²) in [7, 11) is 0. The Hall–Kier alpha value is -2.11. The van der Waals surface area contributed by atoms with Gasteiger partial charge in [0.05, 0.1) is 5.56 Å². The van der Waals surface area contributed by atoms with E-state index in [-0.39, 0.29) is 5.56 Å². The molecule has 1 aromatic rings. The fourth-order valence-electron chi connectivity index (χ4n) is 2.17. The zero-order valence-electron chi connectivity index (χ0n) is 9.73. The number of likely N-dealkylation sites (tertiary alicyclic amines) is 1. The molecule has 96 valence electrons. The lowest BCUT2D eigenvalue weighted by molar-refractivity contribution is -0.121. The van der Waals surface area contributed by atoms with Gasteiger partial charge in [-0.3, -0.25) is 9.59 Å². The quantitative estimate of drug-likeness (QED) is 0.750. The second-order valence-corrected chi connectivity index (χ2v) is 4.30. The molecule has 0 aliphatic carbocycles. The van der Waals surface area contributed by atoms with E-state index in [1.165, 1.54) is 17.0 Å². The van der Waals surface area contributed by atoms with Crippen molar-refractivity contribution in [2.75, 3.05) is 12.3 Å². The Bertz CT molecular complexity index is 504. The molecule has 1 aliphatic heterocycles. The number of rotatable bonds is 2. The van der Waals surface area contributed by atoms with Crippen LogP contribution in [0.2, 0.25) is 0 Å². The number of primary amides is 1. The number of amides is 2. The Morgan fingerprint density at radius 3 is 2.78 bits per heavy atom. The second-order valence-electron chi connectivity index (χ2n) is 4.30. The number of nitrogens with two attached hydrogens (primary N) is 2. The Labute approximate surface area is 104 Å². The van der Waals surface area contributed by atoms with E-state index in [1.807, 2.05) is 0 Å². The summed E-state index contributed by atoms with van der Waals surface area (Å²) in [5, 5.41) is 0. The van der Waals surface area contributed by atoms with Crippen molar-refractivity contribution in [2.45, 2.75) is 18.9 Å². The largest absolute Gasteiger partial charge is 0.399 e. The number of nitrogens with zero attached hydrogens (tertiary/aromatic N) is 1. The van der Waals surface area contributed by atoms with E-state index in [0.29, 0.717) is 25.1 Å². The second kappa shape index (κ2) is 4.64. The minimum absolute atomic E-state index is 0.122. The Kier molecular flexibility index (Phi) is 3.18. The van der Waals surface area contributed by atoms with Gasteiger partial charge in [-0.15, -0.1) is 0 Å². The monoisotopic (exact) mass is 251 g/mol. The van der Waals surface area contributed by atoms with Gasteiger partial charge in [0.1, 0.15) is 11.9 Å². The molecule has 1 atom stereocenters. The van der Waals surface area contributed by atoms with E-state index in [2.05, 4.69) is 0 Å². The molecule has 1 fully saturated rings. The summed E-state index contributed by atoms with van der Waals surface area (Å²) in [5.41, 5.74) is 10.9. The average Bonchev–Trinajstić information content (AvgIpc) is 2.80. The van der Waals surface area contributed by atoms with Crippen LogP contribution in [0.25, 0.3) is 0 Å². The van der Waals surface area contributed by atoms with Crippen LogP contribution in [0, 0.1) is 5.82 Å². The highest BCUT2D eigenvalue weighted by atomic mass is 19.1. The van der Waals surface area contributed by atoms with Gasteiger partial charge >= 0.3 is 0 Å². The molecule has 1 saturated heterocycles. The van der Waals surface area contributed by atoms with Gasteiger partial charge in [-0.1, -0.05) is 0 Å². The van der Waals surface area contributed by atoms with Crippen LogP contribution in [0.5, 0.6) is 0 Å². The zero-order valence-corrected chi connectivity index (χ0v) is 9.73. The molecule has 0 aromatic heterocycles. The van der Waals surface area contributed by atoms with E-state index in [4.69, 9.17) is 11.5 Å². The maximum atomic E-state index is 13.6. The highest BCUT2D eigenvalue weighted by molar-refractivity contribution is 5.98. The van der Waals surface area contributed by atoms with Gasteiger partial charge in [0.2, 0.25) is 5.91 Å². The fraction of sp³-hybridized carbons (Fsp3) is 0.333. The number of carbonyl (C=O) groups is 2. The number of carbonyl (C=O) groups excluding carboxylic acids is 2. The van der Waals surface area contributed by atoms with Crippen LogP contribution < -0.4 is 11.5 Å². The van der Waals surface area contributed by atoms with Crippen molar-refractivity contribution in [2.24, 2.45) is 5.73 Å². The fourth-order valence-corrected chi connectivity index (χ4v) is 2.17. The SMILES string of the molecule is NC(=O)C1CCCN1C(=O)c1cc(N)ccc1F. The molecule has 0 bridgehead atoms. The van der Waals surface area contributed by atoms with Crippen LogP contribution >= 0.6 is 0 Å². The topological polar surface area (TPSA) is 89.4 Å². The Balaban J connectivity index is 2.31. The first-order chi connectivity index (χ1) is 8.50. The van der Waals surface area contributed by atoms with Crippen LogP contribution in [0.3, 0.4) is 0 Å². The number of benzene rings is 1. The Morgan fingerprint density at radius 1 is 1.39 bits per heavy atom. The highest BCUT2D eigenvalue weighted by Crippen LogP contribution is 2.22. The third-order valence-electron chi connectivity index (χ3n) is 3.06. The maximum Gasteiger partial charge on any atom is 0.257 e. The van der Waals surface area contributed by atoms with Gasteiger partial charge < -0.3 is 16.4 Å². The lowest BCUT2D eigenvalue weighted by atomic mass is 10.1. The van der Waals surface area contributed by atoms with Crippen LogP contribution in [0.15, 0.2) is 18.2 Å². The minimum Gasteiger partial charge on any atom is -0.399 e. The standard InChI is InChI=1S/C12H14FN3O2/c13-9-4-3-7(14)6-8(9)12(18)16-5-1-2-10(16)11(15)17/h3-4,6,10H,1-2,5,14H2,(H2,15,17). The molecule has 0 spiro atoms. The predicted molar refractivity (Wildman–Crippen MR) is 64.1 cm³/mol. The molecule has 1 heterocycles. The van der Waals surface area contributed by atoms with Gasteiger partial charge in [0.15, 0.2) is 0 Å². The van der Waals surface area contributed by atoms with Gasteiger partial charge in [0.25, 0.3) is 5.91 Å². The maximum absolute atomic E-state index is 13.6. The van der Waals surface area contributed by atoms with E-state index in [9.17, 15) is 14.0 Å². The summed E-state index contributed by atoms with van der Waals surface area (Å²) >= 11 is 0. The summed E-state index contributed by atoms with van der Waals surface area (Å²) < 4.78 is 13.6. The van der Waals surface area contributed by atoms with Crippen LogP contribution in [-0.4, -0.2) is 29.3 Å². The first-order valence-corrected chi connectivity index (χ1v) is 5.66. The molecule has 1 unspecified atom stereocenters. The number of halogens is 1. The molecule has 2 rings (SSSR count). The highest BCUT2D eigenvalue weighted by Gasteiger charge is 2.34. The zero-order chi connectivity index (χ0) is 13.3. The van der Waals surface area contributed by atoms with E-state index < -0.39 is 23.7 Å². The van der Waals surface area contributed by atoms with E-state index >= 15 is 0 Å². The minimum atomic E-state index is -0.654. The van der Waals surface area contributed by atoms with Crippen molar-refractivity contribution in [3.8, 4) is 0 Å². The summed E-state index contributed by atoms with van der Waals surface area (Å²) in [4.78, 5) is 24.7. The summed E-state index contributed by atoms with van der Waals surface area (Å²) in [6.07, 6.45) is 1.20. The predicted octanol–water partition coefficient (Wildman–Crippen LogP) is 0.498. The number of anilines is 1. The third-order valence-corrected chi connectivity index (χ3v) is 3.06. The van der Waals surface area contributed by atoms with Crippen molar-refractivity contribution in [1.29, 1.82) is 0 Å². The van der Waals surface area contributed by atoms with Crippen molar-refractivity contribution < 1.29 is 14.0 Å². The van der Waals surface area contributed by atoms with Crippen molar-refractivity contribution >= 4 is 17.5 Å². The lowest BCUT2D eigenvalue weighted by Crippen LogP contribution is -2.43. The molecule has 0 saturated carbocycles. The number of nitrogen functional groups attached to an aromatic ring is 1. The molecule has 1 aliphatic rings. The molecule has 18 heavy (non-hydrogen) atoms. The van der Waals surface area contributed by atoms with Gasteiger partial charge in [-0.05, 0) is 31.0 Å². The van der Waals surface area contributed by atoms with Crippen LogP contribution in [0.1, 0.15) is 23.2 Å². The first kappa shape index (κ1) is 12.3. The van der Waals surface area contributed by atoms with Crippen LogP contribution in [-0.2, 0) is 4.79 Å². The van der Waals surface area contributed by atoms with E-state index in [1.54, 1.807) is 0 Å². The van der Waals surface area contributed by atoms with Crippen molar-refractivity contribution in [3.05, 3.63) is 29.6 Å². The van der Waals surface area contributed by atoms with Crippen molar-refractivity contribution in [1.82, 2.24) is 4.90 Å². The summed E-state index contributed by atoms with van der Waals surface area (Å²) in [6, 6.07) is 3.13. The van der Waals surface area contributed by atoms with Crippen LogP contribution in [0.4, 0.5) is 10.1 Å². The van der Waals surface area contributed by atoms with Gasteiger partial charge in [-0.2, -0.15) is 0 Å². The molecule has 0 radical (unpaired) electrons. The lowest BCUT2D eigenvalue weighted by Gasteiger charge is -2.22. The molecule has 4 N–H and O–H groups in total. The molecule has 2 amide bonds. The normalized spacial score (nSPS) is 18.9. The first-order valence-electron chi connectivity index (χ1n) is 5.66.